The van der Waals surface area contributed by atoms with Crippen LogP contribution in [0.15, 0.2) is 78.2 Å². The summed E-state index contributed by atoms with van der Waals surface area (Å²) in [5.74, 6) is -1.67. The summed E-state index contributed by atoms with van der Waals surface area (Å²) in [6, 6.07) is 10.2. The number of carbonyl (C=O) groups excluding carboxylic acids is 1. The Labute approximate surface area is 217 Å². The molecule has 2 N–H and O–H groups in total. The minimum Gasteiger partial charge on any atom is -0.504 e. The van der Waals surface area contributed by atoms with Crippen LogP contribution in [0, 0.1) is 18.3 Å². The lowest BCUT2D eigenvalue weighted by Gasteiger charge is -2.40. The van der Waals surface area contributed by atoms with Gasteiger partial charge in [0.25, 0.3) is 5.91 Å². The summed E-state index contributed by atoms with van der Waals surface area (Å²) >= 11 is 0. The average molecular weight is 561 g/mol. The van der Waals surface area contributed by atoms with E-state index in [1.165, 1.54) is 12.1 Å². The Morgan fingerprint density at radius 1 is 1.08 bits per heavy atom. The Bertz CT molecular complexity index is 1830. The lowest BCUT2D eigenvalue weighted by molar-refractivity contribution is 0.102. The predicted molar refractivity (Wildman–Crippen MR) is 135 cm³/mol. The molecule has 2 aromatic carbocycles. The zero-order valence-electron chi connectivity index (χ0n) is 19.8. The number of carbonyl (C=O) groups is 1. The second-order valence-electron chi connectivity index (χ2n) is 8.65. The van der Waals surface area contributed by atoms with Crippen molar-refractivity contribution in [1.29, 1.82) is 5.26 Å². The van der Waals surface area contributed by atoms with Crippen LogP contribution >= 0.6 is 10.2 Å². The summed E-state index contributed by atoms with van der Waals surface area (Å²) in [7, 11) is -10.2. The number of rotatable bonds is 5. The van der Waals surface area contributed by atoms with E-state index in [4.69, 9.17) is 5.26 Å². The molecule has 0 saturated heterocycles. The van der Waals surface area contributed by atoms with Crippen molar-refractivity contribution >= 4 is 27.5 Å². The minimum absolute atomic E-state index is 0.0115. The molecular weight excluding hydrogens is 543 g/mol. The van der Waals surface area contributed by atoms with E-state index in [9.17, 15) is 29.3 Å². The number of phenolic OH excluding ortho intramolecular Hbond substituents is 1. The van der Waals surface area contributed by atoms with Gasteiger partial charge < -0.3 is 10.4 Å². The smallest absolute Gasteiger partial charge is 0.310 e. The first-order chi connectivity index (χ1) is 18.1. The molecule has 0 aliphatic carbocycles. The molecule has 5 rings (SSSR count). The molecule has 0 fully saturated rings. The van der Waals surface area contributed by atoms with Crippen molar-refractivity contribution in [3.05, 3.63) is 90.0 Å². The van der Waals surface area contributed by atoms with E-state index < -0.39 is 37.9 Å². The molecule has 0 saturated carbocycles. The Morgan fingerprint density at radius 3 is 2.51 bits per heavy atom. The van der Waals surface area contributed by atoms with Crippen molar-refractivity contribution < 1.29 is 29.3 Å². The highest BCUT2D eigenvalue weighted by Gasteiger charge is 2.65. The summed E-state index contributed by atoms with van der Waals surface area (Å²) < 4.78 is 70.1. The summed E-state index contributed by atoms with van der Waals surface area (Å²) in [6.07, 6.45) is 6.50. The van der Waals surface area contributed by atoms with Gasteiger partial charge in [0.15, 0.2) is 5.75 Å². The number of aromatic hydroxyl groups is 1. The molecule has 39 heavy (non-hydrogen) atoms. The summed E-state index contributed by atoms with van der Waals surface area (Å²) in [6.45, 7) is 1.69. The largest absolute Gasteiger partial charge is 0.504 e. The standard InChI is InChI=1S/C25H17F5N6O2S/c1-15-4-5-20(33-25(38)18-9-16(13-31)10-19(11-18)39(26,27,28,29)30)24(37)23(15)35-7-8-36-22(35)12-21(34-36)17-3-2-6-32-14-17/h2-12,14,37H,1H3,(H,33,38). The number of nitrogens with one attached hydrogen (secondary N) is 1. The molecule has 14 heteroatoms. The highest BCUT2D eigenvalue weighted by molar-refractivity contribution is 8.45. The quantitative estimate of drug-likeness (QED) is 0.178. The number of hydrogen-bond acceptors (Lipinski definition) is 5. The lowest BCUT2D eigenvalue weighted by atomic mass is 10.1. The van der Waals surface area contributed by atoms with E-state index >= 15 is 0 Å². The zero-order valence-corrected chi connectivity index (χ0v) is 20.6. The second-order valence-corrected chi connectivity index (χ2v) is 11.1. The third kappa shape index (κ3) is 4.87. The first kappa shape index (κ1) is 25.7. The average Bonchev–Trinajstić information content (AvgIpc) is 3.46. The molecule has 5 aromatic rings. The molecule has 0 atom stereocenters. The monoisotopic (exact) mass is 560 g/mol. The maximum Gasteiger partial charge on any atom is 0.310 e. The number of pyridine rings is 1. The van der Waals surface area contributed by atoms with Gasteiger partial charge in [-0.3, -0.25) is 14.3 Å². The van der Waals surface area contributed by atoms with Gasteiger partial charge in [0.05, 0.1) is 28.7 Å². The maximum absolute atomic E-state index is 13.4. The molecule has 0 spiro atoms. The summed E-state index contributed by atoms with van der Waals surface area (Å²) in [5, 5.41) is 26.8. The lowest BCUT2D eigenvalue weighted by Crippen LogP contribution is -2.15. The van der Waals surface area contributed by atoms with Crippen LogP contribution in [0.2, 0.25) is 0 Å². The number of amides is 1. The normalized spacial score (nSPS) is 13.5. The first-order valence-electron chi connectivity index (χ1n) is 11.1. The molecule has 0 unspecified atom stereocenters. The number of phenols is 1. The van der Waals surface area contributed by atoms with Crippen molar-refractivity contribution in [2.24, 2.45) is 0 Å². The van der Waals surface area contributed by atoms with Crippen molar-refractivity contribution in [1.82, 2.24) is 19.2 Å². The van der Waals surface area contributed by atoms with Crippen molar-refractivity contribution in [2.75, 3.05) is 5.32 Å². The van der Waals surface area contributed by atoms with E-state index in [1.807, 2.05) is 6.07 Å². The Hall–Kier alpha value is -4.90. The number of halogens is 5. The van der Waals surface area contributed by atoms with Gasteiger partial charge >= 0.3 is 10.2 Å². The van der Waals surface area contributed by atoms with Crippen LogP contribution in [-0.2, 0) is 0 Å². The van der Waals surface area contributed by atoms with Crippen LogP contribution in [-0.4, -0.2) is 30.2 Å². The van der Waals surface area contributed by atoms with Crippen molar-refractivity contribution in [3.63, 3.8) is 0 Å². The van der Waals surface area contributed by atoms with Crippen LogP contribution in [0.4, 0.5) is 25.1 Å². The molecule has 3 aromatic heterocycles. The number of hydrogen-bond donors (Lipinski definition) is 2. The Kier molecular flexibility index (Phi) is 5.31. The molecule has 0 aliphatic heterocycles. The van der Waals surface area contributed by atoms with E-state index in [0.717, 1.165) is 11.6 Å². The topological polar surface area (TPSA) is 108 Å². The van der Waals surface area contributed by atoms with Crippen molar-refractivity contribution in [2.45, 2.75) is 11.8 Å². The Morgan fingerprint density at radius 2 is 1.85 bits per heavy atom. The highest BCUT2D eigenvalue weighted by atomic mass is 32.5. The number of nitriles is 1. The molecule has 3 heterocycles. The van der Waals surface area contributed by atoms with E-state index in [2.05, 4.69) is 15.4 Å². The summed E-state index contributed by atoms with van der Waals surface area (Å²) in [4.78, 5) is 14.5. The third-order valence-corrected chi connectivity index (χ3v) is 6.99. The fourth-order valence-electron chi connectivity index (χ4n) is 4.02. The van der Waals surface area contributed by atoms with E-state index in [0.29, 0.717) is 16.9 Å². The van der Waals surface area contributed by atoms with Crippen LogP contribution < -0.4 is 5.32 Å². The number of fused-ring (bicyclic) bond motifs is 1. The number of imidazole rings is 1. The number of benzene rings is 2. The van der Waals surface area contributed by atoms with E-state index in [1.54, 1.807) is 59.0 Å². The Balaban J connectivity index is 1.54. The molecule has 0 aliphatic rings. The van der Waals surface area contributed by atoms with E-state index in [-0.39, 0.29) is 23.5 Å². The van der Waals surface area contributed by atoms with Gasteiger partial charge in [0, 0.05) is 42.0 Å². The predicted octanol–water partition coefficient (Wildman–Crippen LogP) is 6.98. The molecule has 200 valence electrons. The van der Waals surface area contributed by atoms with Gasteiger partial charge in [0.1, 0.15) is 10.5 Å². The van der Waals surface area contributed by atoms with Gasteiger partial charge in [-0.05, 0) is 48.9 Å². The SMILES string of the molecule is Cc1ccc(NC(=O)c2cc(C#N)cc(S(F)(F)(F)(F)F)c2)c(O)c1-n1ccn2nc(-c3cccnc3)cc12. The number of aromatic nitrogens is 4. The van der Waals surface area contributed by atoms with Crippen LogP contribution in [0.25, 0.3) is 22.6 Å². The van der Waals surface area contributed by atoms with Crippen molar-refractivity contribution in [3.8, 4) is 28.8 Å². The van der Waals surface area contributed by atoms with Crippen LogP contribution in [0.3, 0.4) is 0 Å². The van der Waals surface area contributed by atoms with Crippen LogP contribution in [0.1, 0.15) is 21.5 Å². The molecule has 0 bridgehead atoms. The fourth-order valence-corrected chi connectivity index (χ4v) is 4.72. The minimum atomic E-state index is -10.2. The van der Waals surface area contributed by atoms with Gasteiger partial charge in [-0.25, -0.2) is 4.52 Å². The van der Waals surface area contributed by atoms with Crippen LogP contribution in [0.5, 0.6) is 5.75 Å². The zero-order chi connectivity index (χ0) is 28.2. The molecule has 1 amide bonds. The van der Waals surface area contributed by atoms with Gasteiger partial charge in [-0.15, -0.1) is 0 Å². The number of aryl methyl sites for hydroxylation is 1. The number of anilines is 1. The number of nitrogens with zero attached hydrogens (tertiary/aromatic N) is 5. The third-order valence-electron chi connectivity index (χ3n) is 5.86. The fraction of sp³-hybridized carbons (Fsp3) is 0.0400. The first-order valence-corrected chi connectivity index (χ1v) is 13.0. The molecule has 0 radical (unpaired) electrons. The summed E-state index contributed by atoms with van der Waals surface area (Å²) in [5.41, 5.74) is 0.889. The maximum atomic E-state index is 13.4. The highest BCUT2D eigenvalue weighted by Crippen LogP contribution is 3.02. The van der Waals surface area contributed by atoms with Gasteiger partial charge in [-0.2, -0.15) is 10.4 Å². The van der Waals surface area contributed by atoms with Gasteiger partial charge in [0.2, 0.25) is 0 Å². The molecule has 8 nitrogen and oxygen atoms in total. The molecular formula is C25H17F5N6O2S. The van der Waals surface area contributed by atoms with Gasteiger partial charge in [-0.1, -0.05) is 25.5 Å². The second kappa shape index (κ2) is 8.05.